The third-order valence-electron chi connectivity index (χ3n) is 4.29. The molecular formula is C23H19Cl2NO3S. The van der Waals surface area contributed by atoms with E-state index in [0.717, 1.165) is 0 Å². The number of rotatable bonds is 6. The van der Waals surface area contributed by atoms with Gasteiger partial charge in [-0.1, -0.05) is 53.2 Å². The Morgan fingerprint density at radius 1 is 0.900 bits per heavy atom. The van der Waals surface area contributed by atoms with Crippen molar-refractivity contribution in [1.29, 1.82) is 0 Å². The van der Waals surface area contributed by atoms with Crippen LogP contribution in [-0.4, -0.2) is 20.1 Å². The third-order valence-corrected chi connectivity index (χ3v) is 6.56. The van der Waals surface area contributed by atoms with Gasteiger partial charge in [0.25, 0.3) is 10.0 Å². The Kier molecular flexibility index (Phi) is 7.41. The molecule has 154 valence electrons. The number of aliphatic hydroxyl groups is 1. The SMILES string of the molecule is O=S(=O)(c1ccc(Cl)cc1)N(Cc1cc(Cl)ccc1C#CCCO)c1ccccc1. The molecule has 0 unspecified atom stereocenters. The molecule has 0 saturated heterocycles. The maximum absolute atomic E-state index is 13.5. The largest absolute Gasteiger partial charge is 0.395 e. The number of benzene rings is 3. The lowest BCUT2D eigenvalue weighted by molar-refractivity contribution is 0.305. The van der Waals surface area contributed by atoms with Crippen LogP contribution in [-0.2, 0) is 16.6 Å². The standard InChI is InChI=1S/C23H19Cl2NO3S/c24-20-11-13-23(14-12-20)30(28,29)26(22-7-2-1-3-8-22)17-19-16-21(25)10-9-18(19)6-4-5-15-27/h1-3,7-14,16,27H,5,15,17H2. The average Bonchev–Trinajstić information content (AvgIpc) is 2.74. The van der Waals surface area contributed by atoms with E-state index in [4.69, 9.17) is 28.3 Å². The van der Waals surface area contributed by atoms with Gasteiger partial charge in [0, 0.05) is 22.0 Å². The second-order valence-electron chi connectivity index (χ2n) is 6.38. The van der Waals surface area contributed by atoms with E-state index in [0.29, 0.717) is 33.3 Å². The predicted molar refractivity (Wildman–Crippen MR) is 121 cm³/mol. The summed E-state index contributed by atoms with van der Waals surface area (Å²) in [6.07, 6.45) is 0.327. The zero-order valence-corrected chi connectivity index (χ0v) is 18.3. The van der Waals surface area contributed by atoms with Crippen LogP contribution in [0, 0.1) is 11.8 Å². The molecule has 0 saturated carbocycles. The second kappa shape index (κ2) is 10.0. The van der Waals surface area contributed by atoms with Crippen LogP contribution in [0.5, 0.6) is 0 Å². The van der Waals surface area contributed by atoms with Crippen LogP contribution < -0.4 is 4.31 Å². The van der Waals surface area contributed by atoms with Crippen LogP contribution >= 0.6 is 23.2 Å². The number of anilines is 1. The highest BCUT2D eigenvalue weighted by atomic mass is 35.5. The third kappa shape index (κ3) is 5.35. The molecule has 3 aromatic rings. The van der Waals surface area contributed by atoms with Gasteiger partial charge in [0.1, 0.15) is 0 Å². The fourth-order valence-corrected chi connectivity index (χ4v) is 4.59. The van der Waals surface area contributed by atoms with E-state index in [2.05, 4.69) is 11.8 Å². The molecule has 7 heteroatoms. The summed E-state index contributed by atoms with van der Waals surface area (Å²) in [4.78, 5) is 0.130. The Bertz CT molecular complexity index is 1170. The van der Waals surface area contributed by atoms with Crippen LogP contribution in [0.2, 0.25) is 10.0 Å². The maximum Gasteiger partial charge on any atom is 0.264 e. The van der Waals surface area contributed by atoms with Gasteiger partial charge in [0.2, 0.25) is 0 Å². The monoisotopic (exact) mass is 459 g/mol. The molecule has 0 aliphatic carbocycles. The molecule has 0 amide bonds. The number of halogens is 2. The van der Waals surface area contributed by atoms with Crippen molar-refractivity contribution >= 4 is 38.9 Å². The molecular weight excluding hydrogens is 441 g/mol. The van der Waals surface area contributed by atoms with E-state index in [-0.39, 0.29) is 18.0 Å². The minimum atomic E-state index is -3.88. The average molecular weight is 460 g/mol. The molecule has 0 atom stereocenters. The van der Waals surface area contributed by atoms with Gasteiger partial charge in [0.15, 0.2) is 0 Å². The first kappa shape index (κ1) is 22.2. The van der Waals surface area contributed by atoms with Crippen LogP contribution in [0.3, 0.4) is 0 Å². The molecule has 0 aliphatic heterocycles. The van der Waals surface area contributed by atoms with Crippen LogP contribution in [0.4, 0.5) is 5.69 Å². The van der Waals surface area contributed by atoms with Gasteiger partial charge < -0.3 is 5.11 Å². The zero-order chi connectivity index (χ0) is 21.6. The first-order valence-electron chi connectivity index (χ1n) is 9.13. The van der Waals surface area contributed by atoms with E-state index in [1.165, 1.54) is 16.4 Å². The maximum atomic E-state index is 13.5. The molecule has 3 rings (SSSR count). The molecule has 30 heavy (non-hydrogen) atoms. The van der Waals surface area contributed by atoms with Crippen molar-refractivity contribution in [1.82, 2.24) is 0 Å². The Balaban J connectivity index is 2.09. The Morgan fingerprint density at radius 2 is 1.57 bits per heavy atom. The van der Waals surface area contributed by atoms with Gasteiger partial charge >= 0.3 is 0 Å². The van der Waals surface area contributed by atoms with Crippen LogP contribution in [0.1, 0.15) is 17.5 Å². The highest BCUT2D eigenvalue weighted by Gasteiger charge is 2.26. The van der Waals surface area contributed by atoms with Crippen molar-refractivity contribution in [3.05, 3.63) is 94.0 Å². The fraction of sp³-hybridized carbons (Fsp3) is 0.130. The van der Waals surface area contributed by atoms with Gasteiger partial charge in [-0.2, -0.15) is 0 Å². The van der Waals surface area contributed by atoms with Crippen molar-refractivity contribution < 1.29 is 13.5 Å². The summed E-state index contributed by atoms with van der Waals surface area (Å²) in [6, 6.07) is 20.0. The number of hydrogen-bond acceptors (Lipinski definition) is 3. The second-order valence-corrected chi connectivity index (χ2v) is 9.11. The van der Waals surface area contributed by atoms with Crippen LogP contribution in [0.15, 0.2) is 77.7 Å². The van der Waals surface area contributed by atoms with E-state index >= 15 is 0 Å². The lowest BCUT2D eigenvalue weighted by Gasteiger charge is -2.25. The normalized spacial score (nSPS) is 10.9. The summed E-state index contributed by atoms with van der Waals surface area (Å²) >= 11 is 12.1. The molecule has 1 N–H and O–H groups in total. The number of aliphatic hydroxyl groups excluding tert-OH is 1. The molecule has 0 bridgehead atoms. The number of sulfonamides is 1. The Morgan fingerprint density at radius 3 is 2.23 bits per heavy atom. The molecule has 3 aromatic carbocycles. The van der Waals surface area contributed by atoms with E-state index in [9.17, 15) is 8.42 Å². The van der Waals surface area contributed by atoms with E-state index in [1.807, 2.05) is 6.07 Å². The van der Waals surface area contributed by atoms with E-state index < -0.39 is 10.0 Å². The molecule has 0 aromatic heterocycles. The first-order valence-corrected chi connectivity index (χ1v) is 11.3. The summed E-state index contributed by atoms with van der Waals surface area (Å²) in [7, 11) is -3.88. The lowest BCUT2D eigenvalue weighted by Crippen LogP contribution is -2.30. The summed E-state index contributed by atoms with van der Waals surface area (Å²) in [6.45, 7) is -0.00428. The van der Waals surface area contributed by atoms with Gasteiger partial charge in [-0.3, -0.25) is 4.31 Å². The Hall–Kier alpha value is -2.49. The fourth-order valence-electron chi connectivity index (χ4n) is 2.83. The quantitative estimate of drug-likeness (QED) is 0.520. The molecule has 0 spiro atoms. The van der Waals surface area contributed by atoms with Gasteiger partial charge in [-0.05, 0) is 60.2 Å². The summed E-state index contributed by atoms with van der Waals surface area (Å²) in [5, 5.41) is 9.92. The number of nitrogens with zero attached hydrogens (tertiary/aromatic N) is 1. The predicted octanol–water partition coefficient (Wildman–Crippen LogP) is 5.12. The molecule has 0 fully saturated rings. The number of hydrogen-bond donors (Lipinski definition) is 1. The molecule has 4 nitrogen and oxygen atoms in total. The first-order chi connectivity index (χ1) is 14.4. The molecule has 0 aliphatic rings. The highest BCUT2D eigenvalue weighted by molar-refractivity contribution is 7.92. The van der Waals surface area contributed by atoms with Crippen molar-refractivity contribution in [2.24, 2.45) is 0 Å². The topological polar surface area (TPSA) is 57.6 Å². The zero-order valence-electron chi connectivity index (χ0n) is 15.9. The van der Waals surface area contributed by atoms with Gasteiger partial charge in [-0.25, -0.2) is 8.42 Å². The summed E-state index contributed by atoms with van der Waals surface area (Å²) in [5.41, 5.74) is 1.83. The minimum Gasteiger partial charge on any atom is -0.395 e. The molecule has 0 heterocycles. The minimum absolute atomic E-state index is 0.0403. The van der Waals surface area contributed by atoms with Crippen LogP contribution in [0.25, 0.3) is 0 Å². The van der Waals surface area contributed by atoms with Crippen molar-refractivity contribution in [2.75, 3.05) is 10.9 Å². The lowest BCUT2D eigenvalue weighted by atomic mass is 10.1. The van der Waals surface area contributed by atoms with Gasteiger partial charge in [-0.15, -0.1) is 0 Å². The van der Waals surface area contributed by atoms with Crippen molar-refractivity contribution in [3.8, 4) is 11.8 Å². The van der Waals surface area contributed by atoms with Gasteiger partial charge in [0.05, 0.1) is 23.7 Å². The van der Waals surface area contributed by atoms with Crippen molar-refractivity contribution in [3.63, 3.8) is 0 Å². The smallest absolute Gasteiger partial charge is 0.264 e. The summed E-state index contributed by atoms with van der Waals surface area (Å²) < 4.78 is 28.3. The highest BCUT2D eigenvalue weighted by Crippen LogP contribution is 2.28. The summed E-state index contributed by atoms with van der Waals surface area (Å²) in [5.74, 6) is 5.86. The Labute approximate surface area is 186 Å². The molecule has 0 radical (unpaired) electrons. The van der Waals surface area contributed by atoms with Crippen molar-refractivity contribution in [2.45, 2.75) is 17.9 Å². The van der Waals surface area contributed by atoms with E-state index in [1.54, 1.807) is 54.6 Å². The number of para-hydroxylation sites is 1.